The van der Waals surface area contributed by atoms with Gasteiger partial charge in [-0.1, -0.05) is 37.3 Å². The Morgan fingerprint density at radius 3 is 2.62 bits per heavy atom. The van der Waals surface area contributed by atoms with Crippen molar-refractivity contribution in [1.29, 1.82) is 0 Å². The lowest BCUT2D eigenvalue weighted by Gasteiger charge is -2.25. The van der Waals surface area contributed by atoms with Crippen molar-refractivity contribution in [2.75, 3.05) is 18.8 Å². The second kappa shape index (κ2) is 8.58. The maximum absolute atomic E-state index is 13.4. The fraction of sp³-hybridized carbons (Fsp3) is 0.348. The summed E-state index contributed by atoms with van der Waals surface area (Å²) in [4.78, 5) is 12.6. The number of fused-ring (bicyclic) bond motifs is 2. The number of imidazole rings is 1. The van der Waals surface area contributed by atoms with E-state index in [1.807, 2.05) is 24.3 Å². The van der Waals surface area contributed by atoms with E-state index >= 15 is 0 Å². The van der Waals surface area contributed by atoms with Crippen molar-refractivity contribution in [2.45, 2.75) is 36.5 Å². The number of benzene rings is 2. The third kappa shape index (κ3) is 3.70. The molecule has 2 aromatic heterocycles. The fourth-order valence-corrected chi connectivity index (χ4v) is 6.35. The first-order chi connectivity index (χ1) is 16.3. The lowest BCUT2D eigenvalue weighted by molar-refractivity contribution is 0.00411. The monoisotopic (exact) mass is 482 g/mol. The molecule has 2 aromatic carbocycles. The number of hydrogen-bond acceptors (Lipinski definition) is 8. The third-order valence-corrected chi connectivity index (χ3v) is 8.60. The molecule has 11 heteroatoms. The first-order valence-corrected chi connectivity index (χ1v) is 12.5. The number of nitrogens with zero attached hydrogens (tertiary/aromatic N) is 5. The Kier molecular flexibility index (Phi) is 5.72. The lowest BCUT2D eigenvalue weighted by Crippen LogP contribution is -2.39. The van der Waals surface area contributed by atoms with Gasteiger partial charge in [-0.2, -0.15) is 4.31 Å². The molecular weight excluding hydrogens is 456 g/mol. The van der Waals surface area contributed by atoms with Crippen LogP contribution in [0.2, 0.25) is 0 Å². The van der Waals surface area contributed by atoms with Crippen LogP contribution >= 0.6 is 0 Å². The minimum atomic E-state index is -3.80. The van der Waals surface area contributed by atoms with E-state index in [0.717, 1.165) is 10.8 Å². The zero-order valence-corrected chi connectivity index (χ0v) is 19.4. The van der Waals surface area contributed by atoms with Crippen molar-refractivity contribution in [2.24, 2.45) is 5.92 Å². The van der Waals surface area contributed by atoms with Gasteiger partial charge in [0, 0.05) is 19.0 Å². The average Bonchev–Trinajstić information content (AvgIpc) is 3.39. The van der Waals surface area contributed by atoms with Gasteiger partial charge in [0.25, 0.3) is 0 Å². The van der Waals surface area contributed by atoms with Crippen molar-refractivity contribution in [3.05, 3.63) is 55.1 Å². The summed E-state index contributed by atoms with van der Waals surface area (Å²) in [6.07, 6.45) is 0.965. The number of anilines is 1. The number of nitrogen functional groups attached to an aromatic ring is 1. The highest BCUT2D eigenvalue weighted by Crippen LogP contribution is 2.38. The Labute approximate surface area is 196 Å². The summed E-state index contributed by atoms with van der Waals surface area (Å²) in [7, 11) is -3.80. The van der Waals surface area contributed by atoms with Crippen molar-refractivity contribution in [3.63, 3.8) is 0 Å². The normalized spacial score (nSPS) is 23.3. The molecule has 0 bridgehead atoms. The fourth-order valence-electron chi connectivity index (χ4n) is 4.80. The highest BCUT2D eigenvalue weighted by molar-refractivity contribution is 7.89. The number of aliphatic hydroxyl groups is 2. The molecule has 10 nitrogen and oxygen atoms in total. The molecule has 0 unspecified atom stereocenters. The van der Waals surface area contributed by atoms with E-state index in [2.05, 4.69) is 15.0 Å². The molecule has 0 radical (unpaired) electrons. The molecule has 1 aliphatic carbocycles. The van der Waals surface area contributed by atoms with Gasteiger partial charge in [-0.25, -0.2) is 23.4 Å². The van der Waals surface area contributed by atoms with Crippen molar-refractivity contribution < 1.29 is 18.6 Å². The van der Waals surface area contributed by atoms with Crippen LogP contribution < -0.4 is 5.73 Å². The smallest absolute Gasteiger partial charge is 0.243 e. The molecule has 0 aliphatic heterocycles. The van der Waals surface area contributed by atoms with E-state index in [4.69, 9.17) is 5.73 Å². The summed E-state index contributed by atoms with van der Waals surface area (Å²) in [5.41, 5.74) is 6.74. The van der Waals surface area contributed by atoms with E-state index in [-0.39, 0.29) is 23.8 Å². The maximum Gasteiger partial charge on any atom is 0.243 e. The molecular formula is C23H26N6O4S. The third-order valence-electron chi connectivity index (χ3n) is 6.67. The molecule has 0 spiro atoms. The predicted molar refractivity (Wildman–Crippen MR) is 127 cm³/mol. The molecule has 1 aliphatic rings. The molecule has 1 saturated carbocycles. The van der Waals surface area contributed by atoms with Crippen LogP contribution in [0.15, 0.2) is 60.0 Å². The Morgan fingerprint density at radius 1 is 1.09 bits per heavy atom. The van der Waals surface area contributed by atoms with E-state index < -0.39 is 34.2 Å². The SMILES string of the molecule is CCN(C[C@H]1C[C@@H](n2cnc3c(N)ncnc32)[C@H](O)[C@@H]1O)S(=O)(=O)c1ccc2ccccc2c1. The molecule has 5 rings (SSSR count). The number of aliphatic hydroxyl groups excluding tert-OH is 2. The second-order valence-electron chi connectivity index (χ2n) is 8.59. The van der Waals surface area contributed by atoms with Crippen molar-refractivity contribution in [1.82, 2.24) is 23.8 Å². The summed E-state index contributed by atoms with van der Waals surface area (Å²) in [6.45, 7) is 2.07. The zero-order valence-electron chi connectivity index (χ0n) is 18.6. The van der Waals surface area contributed by atoms with Crippen molar-refractivity contribution in [3.8, 4) is 0 Å². The molecule has 1 fully saturated rings. The quantitative estimate of drug-likeness (QED) is 0.375. The van der Waals surface area contributed by atoms with Gasteiger partial charge in [0.05, 0.1) is 23.4 Å². The van der Waals surface area contributed by atoms with E-state index in [0.29, 0.717) is 17.6 Å². The molecule has 4 N–H and O–H groups in total. The first kappa shape index (κ1) is 22.7. The Bertz CT molecular complexity index is 1460. The molecule has 0 amide bonds. The average molecular weight is 483 g/mol. The largest absolute Gasteiger partial charge is 0.390 e. The number of aromatic nitrogens is 4. The number of sulfonamides is 1. The van der Waals surface area contributed by atoms with Crippen LogP contribution in [0.25, 0.3) is 21.9 Å². The highest BCUT2D eigenvalue weighted by atomic mass is 32.2. The predicted octanol–water partition coefficient (Wildman–Crippen LogP) is 1.56. The van der Waals surface area contributed by atoms with Gasteiger partial charge in [-0.15, -0.1) is 0 Å². The molecule has 2 heterocycles. The maximum atomic E-state index is 13.4. The molecule has 34 heavy (non-hydrogen) atoms. The molecule has 0 saturated heterocycles. The summed E-state index contributed by atoms with van der Waals surface area (Å²) in [5.74, 6) is -0.251. The summed E-state index contributed by atoms with van der Waals surface area (Å²) >= 11 is 0. The van der Waals surface area contributed by atoms with Crippen LogP contribution in [0.1, 0.15) is 19.4 Å². The number of hydrogen-bond donors (Lipinski definition) is 3. The van der Waals surface area contributed by atoms with Crippen LogP contribution in [-0.2, 0) is 10.0 Å². The summed E-state index contributed by atoms with van der Waals surface area (Å²) < 4.78 is 29.9. The Balaban J connectivity index is 1.41. The molecule has 178 valence electrons. The zero-order chi connectivity index (χ0) is 24.0. The second-order valence-corrected chi connectivity index (χ2v) is 10.5. The van der Waals surface area contributed by atoms with Crippen LogP contribution in [-0.4, -0.2) is 67.8 Å². The van der Waals surface area contributed by atoms with Crippen molar-refractivity contribution >= 4 is 37.8 Å². The first-order valence-electron chi connectivity index (χ1n) is 11.1. The number of rotatable bonds is 6. The van der Waals surface area contributed by atoms with Crippen LogP contribution in [0.4, 0.5) is 5.82 Å². The Hall–Kier alpha value is -3.12. The van der Waals surface area contributed by atoms with Gasteiger partial charge in [0.2, 0.25) is 10.0 Å². The van der Waals surface area contributed by atoms with Gasteiger partial charge in [-0.3, -0.25) is 0 Å². The van der Waals surface area contributed by atoms with E-state index in [1.165, 1.54) is 17.0 Å². The van der Waals surface area contributed by atoms with Gasteiger partial charge >= 0.3 is 0 Å². The van der Waals surface area contributed by atoms with E-state index in [9.17, 15) is 18.6 Å². The number of nitrogens with two attached hydrogens (primary N) is 1. The minimum absolute atomic E-state index is 0.0736. The molecule has 4 aromatic rings. The van der Waals surface area contributed by atoms with Crippen LogP contribution in [0.5, 0.6) is 0 Å². The van der Waals surface area contributed by atoms with Gasteiger partial charge in [0.1, 0.15) is 17.9 Å². The van der Waals surface area contributed by atoms with Gasteiger partial charge < -0.3 is 20.5 Å². The van der Waals surface area contributed by atoms with Gasteiger partial charge in [-0.05, 0) is 29.3 Å². The summed E-state index contributed by atoms with van der Waals surface area (Å²) in [6, 6.07) is 12.1. The standard InChI is InChI=1S/C23H26N6O4S/c1-2-28(34(32,33)17-8-7-14-5-3-4-6-15(14)9-17)11-16-10-18(21(31)20(16)30)29-13-27-19-22(24)25-12-26-23(19)29/h3-9,12-13,16,18,20-21,30-31H,2,10-11H2,1H3,(H2,24,25,26)/t16-,18-,20-,21+/m1/s1. The van der Waals surface area contributed by atoms with Crippen LogP contribution in [0, 0.1) is 5.92 Å². The molecule has 4 atom stereocenters. The minimum Gasteiger partial charge on any atom is -0.390 e. The van der Waals surface area contributed by atoms with E-state index in [1.54, 1.807) is 29.7 Å². The van der Waals surface area contributed by atoms with Crippen LogP contribution in [0.3, 0.4) is 0 Å². The lowest BCUT2D eigenvalue weighted by atomic mass is 10.1. The van der Waals surface area contributed by atoms with Gasteiger partial charge in [0.15, 0.2) is 11.5 Å². The topological polar surface area (TPSA) is 147 Å². The highest BCUT2D eigenvalue weighted by Gasteiger charge is 2.44. The summed E-state index contributed by atoms with van der Waals surface area (Å²) in [5, 5.41) is 23.4. The Morgan fingerprint density at radius 2 is 1.85 bits per heavy atom.